The van der Waals surface area contributed by atoms with Gasteiger partial charge in [-0.05, 0) is 19.1 Å². The predicted octanol–water partition coefficient (Wildman–Crippen LogP) is 1.56. The first kappa shape index (κ1) is 15.8. The van der Waals surface area contributed by atoms with Crippen LogP contribution in [0.2, 0.25) is 0 Å². The van der Waals surface area contributed by atoms with Crippen molar-refractivity contribution in [2.75, 3.05) is 38.8 Å². The van der Waals surface area contributed by atoms with Crippen LogP contribution in [0, 0.1) is 11.3 Å². The van der Waals surface area contributed by atoms with E-state index in [2.05, 4.69) is 11.4 Å². The molecular weight excluding hydrogens is 260 g/mol. The predicted molar refractivity (Wildman–Crippen MR) is 73.7 cm³/mol. The number of hydrogen-bond donors (Lipinski definition) is 1. The third-order valence-electron chi connectivity index (χ3n) is 2.44. The average Bonchev–Trinajstić information content (AvgIpc) is 2.47. The monoisotopic (exact) mass is 278 g/mol. The van der Waals surface area contributed by atoms with E-state index in [-0.39, 0.29) is 12.6 Å². The van der Waals surface area contributed by atoms with E-state index in [4.69, 9.17) is 19.5 Å². The number of ether oxygens (including phenoxy) is 3. The maximum absolute atomic E-state index is 11.0. The van der Waals surface area contributed by atoms with Crippen LogP contribution in [0.5, 0.6) is 5.75 Å². The molecule has 0 fully saturated rings. The van der Waals surface area contributed by atoms with Gasteiger partial charge in [0.15, 0.2) is 0 Å². The van der Waals surface area contributed by atoms with Crippen molar-refractivity contribution in [1.82, 2.24) is 0 Å². The highest BCUT2D eigenvalue weighted by atomic mass is 16.6. The van der Waals surface area contributed by atoms with Crippen molar-refractivity contribution in [3.63, 3.8) is 0 Å². The van der Waals surface area contributed by atoms with Crippen molar-refractivity contribution in [3.05, 3.63) is 23.8 Å². The summed E-state index contributed by atoms with van der Waals surface area (Å²) in [5, 5.41) is 12.1. The number of hydrogen-bond acceptors (Lipinski definition) is 6. The molecule has 0 bridgehead atoms. The van der Waals surface area contributed by atoms with Crippen molar-refractivity contribution >= 4 is 11.7 Å². The second-order valence-corrected chi connectivity index (χ2v) is 3.78. The molecule has 6 nitrogen and oxygen atoms in total. The molecule has 108 valence electrons. The molecule has 6 heteroatoms. The van der Waals surface area contributed by atoms with E-state index in [1.54, 1.807) is 32.2 Å². The van der Waals surface area contributed by atoms with E-state index in [1.807, 2.05) is 0 Å². The lowest BCUT2D eigenvalue weighted by molar-refractivity contribution is -0.148. The summed E-state index contributed by atoms with van der Waals surface area (Å²) in [5.74, 6) is 0.206. The first-order valence-electron chi connectivity index (χ1n) is 6.27. The van der Waals surface area contributed by atoms with Crippen LogP contribution in [0.15, 0.2) is 18.2 Å². The Labute approximate surface area is 118 Å². The Kier molecular flexibility index (Phi) is 6.93. The van der Waals surface area contributed by atoms with Gasteiger partial charge in [0.25, 0.3) is 0 Å². The highest BCUT2D eigenvalue weighted by Gasteiger charge is 2.08. The van der Waals surface area contributed by atoms with Crippen molar-refractivity contribution in [2.45, 2.75) is 6.92 Å². The minimum absolute atomic E-state index is 0.0768. The normalized spacial score (nSPS) is 9.65. The van der Waals surface area contributed by atoms with Crippen molar-refractivity contribution in [1.29, 1.82) is 5.26 Å². The van der Waals surface area contributed by atoms with Crippen LogP contribution in [0.25, 0.3) is 0 Å². The molecule has 0 heterocycles. The molecule has 1 aromatic rings. The molecule has 1 N–H and O–H groups in total. The van der Waals surface area contributed by atoms with Crippen LogP contribution in [0.4, 0.5) is 5.69 Å². The van der Waals surface area contributed by atoms with Crippen LogP contribution in [-0.4, -0.2) is 39.4 Å². The number of nitrogens with one attached hydrogen (secondary N) is 1. The van der Waals surface area contributed by atoms with E-state index in [1.165, 1.54) is 0 Å². The number of carbonyl (C=O) groups excluding carboxylic acids is 1. The molecule has 0 spiro atoms. The first-order chi connectivity index (χ1) is 9.72. The summed E-state index contributed by atoms with van der Waals surface area (Å²) >= 11 is 0. The van der Waals surface area contributed by atoms with E-state index in [9.17, 15) is 4.79 Å². The third kappa shape index (κ3) is 4.78. The Balaban J connectivity index is 2.42. The largest absolute Gasteiger partial charge is 0.495 e. The lowest BCUT2D eigenvalue weighted by atomic mass is 10.2. The number of esters is 1. The molecule has 0 aliphatic rings. The lowest BCUT2D eigenvalue weighted by Gasteiger charge is -2.12. The molecule has 0 aliphatic heterocycles. The number of rotatable bonds is 8. The zero-order valence-corrected chi connectivity index (χ0v) is 11.6. The summed E-state index contributed by atoms with van der Waals surface area (Å²) in [5.41, 5.74) is 1.12. The van der Waals surface area contributed by atoms with Gasteiger partial charge in [0.2, 0.25) is 0 Å². The number of nitrogens with zero attached hydrogens (tertiary/aromatic N) is 1. The minimum Gasteiger partial charge on any atom is -0.495 e. The topological polar surface area (TPSA) is 80.6 Å². The summed E-state index contributed by atoms with van der Waals surface area (Å²) in [6.07, 6.45) is 0. The maximum atomic E-state index is 11.0. The Morgan fingerprint density at radius 1 is 1.45 bits per heavy atom. The minimum atomic E-state index is -0.387. The zero-order valence-electron chi connectivity index (χ0n) is 11.6. The molecule has 0 saturated carbocycles. The average molecular weight is 278 g/mol. The second kappa shape index (κ2) is 8.77. The molecule has 0 aromatic heterocycles. The van der Waals surface area contributed by atoms with E-state index >= 15 is 0 Å². The van der Waals surface area contributed by atoms with Gasteiger partial charge in [0, 0.05) is 6.54 Å². The van der Waals surface area contributed by atoms with Gasteiger partial charge in [-0.2, -0.15) is 5.26 Å². The van der Waals surface area contributed by atoms with Gasteiger partial charge in [-0.15, -0.1) is 0 Å². The molecule has 1 rings (SSSR count). The molecule has 0 radical (unpaired) electrons. The van der Waals surface area contributed by atoms with Crippen LogP contribution in [0.1, 0.15) is 12.5 Å². The molecule has 0 saturated heterocycles. The van der Waals surface area contributed by atoms with Crippen LogP contribution in [-0.2, 0) is 14.3 Å². The Bertz CT molecular complexity index is 483. The van der Waals surface area contributed by atoms with Crippen LogP contribution < -0.4 is 10.1 Å². The highest BCUT2D eigenvalue weighted by molar-refractivity contribution is 5.70. The number of benzene rings is 1. The summed E-state index contributed by atoms with van der Waals surface area (Å²) < 4.78 is 15.1. The Morgan fingerprint density at radius 2 is 2.25 bits per heavy atom. The number of methoxy groups -OCH3 is 1. The third-order valence-corrected chi connectivity index (χ3v) is 2.44. The number of anilines is 1. The molecule has 1 aromatic carbocycles. The summed E-state index contributed by atoms with van der Waals surface area (Å²) in [4.78, 5) is 11.0. The zero-order chi connectivity index (χ0) is 14.8. The SMILES string of the molecule is CCOC(=O)COCCNc1c(C#N)cccc1OC. The fraction of sp³-hybridized carbons (Fsp3) is 0.429. The molecule has 0 aliphatic carbocycles. The standard InChI is InChI=1S/C14H18N2O4/c1-3-20-13(17)10-19-8-7-16-14-11(9-15)5-4-6-12(14)18-2/h4-6,16H,3,7-8,10H2,1-2H3. The van der Waals surface area contributed by atoms with Gasteiger partial charge >= 0.3 is 5.97 Å². The maximum Gasteiger partial charge on any atom is 0.332 e. The summed E-state index contributed by atoms with van der Waals surface area (Å²) in [6, 6.07) is 7.30. The van der Waals surface area contributed by atoms with Gasteiger partial charge < -0.3 is 19.5 Å². The van der Waals surface area contributed by atoms with Gasteiger partial charge in [-0.1, -0.05) is 6.07 Å². The molecule has 0 atom stereocenters. The number of para-hydroxylation sites is 1. The summed E-state index contributed by atoms with van der Waals surface area (Å²) in [7, 11) is 1.54. The van der Waals surface area contributed by atoms with Crippen LogP contribution >= 0.6 is 0 Å². The van der Waals surface area contributed by atoms with E-state index in [0.29, 0.717) is 36.8 Å². The molecular formula is C14H18N2O4. The Hall–Kier alpha value is -2.26. The lowest BCUT2D eigenvalue weighted by Crippen LogP contribution is -2.17. The quantitative estimate of drug-likeness (QED) is 0.574. The Morgan fingerprint density at radius 3 is 2.90 bits per heavy atom. The van der Waals surface area contributed by atoms with Crippen molar-refractivity contribution in [2.24, 2.45) is 0 Å². The molecule has 0 unspecified atom stereocenters. The molecule has 20 heavy (non-hydrogen) atoms. The fourth-order valence-electron chi connectivity index (χ4n) is 1.58. The first-order valence-corrected chi connectivity index (χ1v) is 6.27. The van der Waals surface area contributed by atoms with Gasteiger partial charge in [-0.3, -0.25) is 0 Å². The van der Waals surface area contributed by atoms with Crippen molar-refractivity contribution < 1.29 is 19.0 Å². The van der Waals surface area contributed by atoms with Crippen LogP contribution in [0.3, 0.4) is 0 Å². The van der Waals surface area contributed by atoms with Crippen molar-refractivity contribution in [3.8, 4) is 11.8 Å². The second-order valence-electron chi connectivity index (χ2n) is 3.78. The van der Waals surface area contributed by atoms with E-state index in [0.717, 1.165) is 0 Å². The molecule has 0 amide bonds. The number of carbonyl (C=O) groups is 1. The van der Waals surface area contributed by atoms with Gasteiger partial charge in [-0.25, -0.2) is 4.79 Å². The number of nitriles is 1. The fourth-order valence-corrected chi connectivity index (χ4v) is 1.58. The van der Waals surface area contributed by atoms with Gasteiger partial charge in [0.05, 0.1) is 31.6 Å². The summed E-state index contributed by atoms with van der Waals surface area (Å²) in [6.45, 7) is 2.78. The smallest absolute Gasteiger partial charge is 0.332 e. The van der Waals surface area contributed by atoms with Gasteiger partial charge in [0.1, 0.15) is 18.4 Å². The van der Waals surface area contributed by atoms with E-state index < -0.39 is 0 Å². The highest BCUT2D eigenvalue weighted by Crippen LogP contribution is 2.27.